The molecule has 3 nitrogen and oxygen atoms in total. The highest BCUT2D eigenvalue weighted by Crippen LogP contribution is 2.38. The van der Waals surface area contributed by atoms with Gasteiger partial charge in [-0.2, -0.15) is 26.3 Å². The van der Waals surface area contributed by atoms with E-state index in [4.69, 9.17) is 5.73 Å². The van der Waals surface area contributed by atoms with Crippen molar-refractivity contribution >= 4 is 0 Å². The zero-order valence-electron chi connectivity index (χ0n) is 15.4. The summed E-state index contributed by atoms with van der Waals surface area (Å²) >= 11 is 0. The van der Waals surface area contributed by atoms with Gasteiger partial charge in [0.1, 0.15) is 5.69 Å². The molecule has 0 saturated carbocycles. The molecule has 0 bridgehead atoms. The van der Waals surface area contributed by atoms with Crippen molar-refractivity contribution in [3.05, 3.63) is 53.2 Å². The Morgan fingerprint density at radius 1 is 1.04 bits per heavy atom. The second kappa shape index (κ2) is 9.88. The highest BCUT2D eigenvalue weighted by atomic mass is 19.4. The van der Waals surface area contributed by atoms with Crippen LogP contribution in [0.15, 0.2) is 36.4 Å². The molecule has 3 N–H and O–H groups in total. The van der Waals surface area contributed by atoms with Crippen LogP contribution >= 0.6 is 0 Å². The Kier molecular flexibility index (Phi) is 8.44. The normalized spacial score (nSPS) is 12.9. The molecule has 28 heavy (non-hydrogen) atoms. The van der Waals surface area contributed by atoms with Crippen LogP contribution in [-0.4, -0.2) is 16.6 Å². The minimum Gasteiger partial charge on any atom is -0.389 e. The van der Waals surface area contributed by atoms with Crippen molar-refractivity contribution in [3.63, 3.8) is 0 Å². The van der Waals surface area contributed by atoms with Gasteiger partial charge in [0.15, 0.2) is 0 Å². The lowest BCUT2D eigenvalue weighted by atomic mass is 10.0. The zero-order valence-corrected chi connectivity index (χ0v) is 15.4. The molecule has 0 amide bonds. The quantitative estimate of drug-likeness (QED) is 0.649. The molecule has 1 atom stereocenters. The molecule has 0 saturated heterocycles. The van der Waals surface area contributed by atoms with Gasteiger partial charge in [-0.15, -0.1) is 0 Å². The van der Waals surface area contributed by atoms with E-state index in [9.17, 15) is 31.4 Å². The first-order chi connectivity index (χ1) is 12.9. The summed E-state index contributed by atoms with van der Waals surface area (Å²) in [4.78, 5) is 3.30. The van der Waals surface area contributed by atoms with Crippen LogP contribution in [0.5, 0.6) is 0 Å². The number of nitrogens with zero attached hydrogens (tertiary/aromatic N) is 1. The first-order valence-electron chi connectivity index (χ1n) is 8.55. The van der Waals surface area contributed by atoms with Crippen LogP contribution in [0.2, 0.25) is 0 Å². The van der Waals surface area contributed by atoms with Crippen LogP contribution in [0, 0.1) is 0 Å². The number of pyridine rings is 1. The van der Waals surface area contributed by atoms with Gasteiger partial charge in [-0.1, -0.05) is 31.5 Å². The van der Waals surface area contributed by atoms with Crippen LogP contribution in [0.25, 0.3) is 11.3 Å². The summed E-state index contributed by atoms with van der Waals surface area (Å²) in [5, 5.41) is 9.50. The summed E-state index contributed by atoms with van der Waals surface area (Å²) in [7, 11) is 0. The van der Waals surface area contributed by atoms with E-state index in [1.54, 1.807) is 0 Å². The smallest absolute Gasteiger partial charge is 0.389 e. The van der Waals surface area contributed by atoms with Crippen molar-refractivity contribution < 1.29 is 31.4 Å². The molecule has 0 aliphatic rings. The molecule has 0 aliphatic heterocycles. The largest absolute Gasteiger partial charge is 0.433 e. The predicted octanol–water partition coefficient (Wildman–Crippen LogP) is 5.58. The molecule has 156 valence electrons. The van der Waals surface area contributed by atoms with E-state index >= 15 is 0 Å². The Labute approximate surface area is 159 Å². The van der Waals surface area contributed by atoms with Crippen molar-refractivity contribution in [1.29, 1.82) is 0 Å². The number of rotatable bonds is 4. The molecular weight excluding hydrogens is 386 g/mol. The zero-order chi connectivity index (χ0) is 21.5. The summed E-state index contributed by atoms with van der Waals surface area (Å²) in [5.41, 5.74) is 1.54. The summed E-state index contributed by atoms with van der Waals surface area (Å²) in [5.74, 6) is 0. The number of unbranched alkanes of at least 4 members (excludes halogenated alkanes) is 1. The average Bonchev–Trinajstić information content (AvgIpc) is 2.61. The number of halogens is 6. The van der Waals surface area contributed by atoms with E-state index < -0.39 is 41.0 Å². The molecule has 1 unspecified atom stereocenters. The highest BCUT2D eigenvalue weighted by Gasteiger charge is 2.36. The molecule has 0 spiro atoms. The number of hydrogen-bond acceptors (Lipinski definition) is 3. The van der Waals surface area contributed by atoms with Gasteiger partial charge in [0.25, 0.3) is 0 Å². The molecule has 0 aliphatic carbocycles. The summed E-state index contributed by atoms with van der Waals surface area (Å²) < 4.78 is 77.8. The summed E-state index contributed by atoms with van der Waals surface area (Å²) in [6.45, 7) is 4.19. The number of nitrogens with two attached hydrogens (primary N) is 1. The van der Waals surface area contributed by atoms with Gasteiger partial charge in [-0.25, -0.2) is 4.98 Å². The number of benzene rings is 1. The van der Waals surface area contributed by atoms with Crippen LogP contribution in [0.3, 0.4) is 0 Å². The minimum atomic E-state index is -4.84. The van der Waals surface area contributed by atoms with Gasteiger partial charge in [-0.05, 0) is 43.7 Å². The molecule has 1 heterocycles. The van der Waals surface area contributed by atoms with Crippen LogP contribution in [0.1, 0.15) is 49.6 Å². The highest BCUT2D eigenvalue weighted by molar-refractivity contribution is 5.65. The van der Waals surface area contributed by atoms with Crippen LogP contribution < -0.4 is 5.73 Å². The first-order valence-corrected chi connectivity index (χ1v) is 8.55. The molecular formula is C19H22F6N2O. The molecule has 0 radical (unpaired) electrons. The molecule has 0 fully saturated rings. The minimum absolute atomic E-state index is 0.167. The molecule has 2 rings (SSSR count). The molecule has 1 aromatic heterocycles. The van der Waals surface area contributed by atoms with Crippen molar-refractivity contribution in [2.24, 2.45) is 5.73 Å². The third-order valence-corrected chi connectivity index (χ3v) is 3.69. The number of aliphatic hydroxyl groups excluding tert-OH is 1. The van der Waals surface area contributed by atoms with Gasteiger partial charge in [-0.3, -0.25) is 0 Å². The SMILES string of the molecule is CC(O)c1cc(-c2ccccc2C(F)(F)F)nc(C(F)(F)F)c1.CCCCN. The fourth-order valence-corrected chi connectivity index (χ4v) is 2.23. The molecule has 1 aromatic carbocycles. The summed E-state index contributed by atoms with van der Waals surface area (Å²) in [6.07, 6.45) is -8.48. The standard InChI is InChI=1S/C15H11F6NO.C4H11N/c1-8(23)9-6-12(22-13(7-9)15(19,20)21)10-4-2-3-5-11(10)14(16,17)18;1-2-3-4-5/h2-8,23H,1H3;2-5H2,1H3. The third kappa shape index (κ3) is 6.79. The Balaban J connectivity index is 0.000000696. The Bertz CT molecular complexity index is 755. The number of aliphatic hydroxyl groups is 1. The van der Waals surface area contributed by atoms with Gasteiger partial charge < -0.3 is 10.8 Å². The second-order valence-electron chi connectivity index (χ2n) is 6.03. The monoisotopic (exact) mass is 408 g/mol. The summed E-state index contributed by atoms with van der Waals surface area (Å²) in [6, 6.07) is 5.84. The number of hydrogen-bond donors (Lipinski definition) is 2. The average molecular weight is 408 g/mol. The number of alkyl halides is 6. The van der Waals surface area contributed by atoms with E-state index in [1.807, 2.05) is 0 Å². The molecule has 9 heteroatoms. The van der Waals surface area contributed by atoms with Crippen molar-refractivity contribution in [2.45, 2.75) is 45.1 Å². The number of aromatic nitrogens is 1. The van der Waals surface area contributed by atoms with E-state index in [0.717, 1.165) is 30.8 Å². The van der Waals surface area contributed by atoms with Crippen molar-refractivity contribution in [3.8, 4) is 11.3 Å². The topological polar surface area (TPSA) is 59.1 Å². The predicted molar refractivity (Wildman–Crippen MR) is 94.3 cm³/mol. The Hall–Kier alpha value is -2.13. The lowest BCUT2D eigenvalue weighted by Gasteiger charge is -2.16. The van der Waals surface area contributed by atoms with E-state index in [-0.39, 0.29) is 5.56 Å². The van der Waals surface area contributed by atoms with Gasteiger partial charge in [0, 0.05) is 5.56 Å². The fraction of sp³-hybridized carbons (Fsp3) is 0.421. The van der Waals surface area contributed by atoms with Gasteiger partial charge >= 0.3 is 12.4 Å². The Morgan fingerprint density at radius 3 is 2.07 bits per heavy atom. The van der Waals surface area contributed by atoms with Gasteiger partial charge in [0.05, 0.1) is 17.4 Å². The Morgan fingerprint density at radius 2 is 1.64 bits per heavy atom. The van der Waals surface area contributed by atoms with E-state index in [0.29, 0.717) is 6.07 Å². The lowest BCUT2D eigenvalue weighted by molar-refractivity contribution is -0.141. The molecule has 2 aromatic rings. The maximum atomic E-state index is 13.0. The fourth-order valence-electron chi connectivity index (χ4n) is 2.23. The first kappa shape index (κ1) is 23.9. The maximum absolute atomic E-state index is 13.0. The lowest BCUT2D eigenvalue weighted by Crippen LogP contribution is -2.12. The van der Waals surface area contributed by atoms with E-state index in [1.165, 1.54) is 25.8 Å². The van der Waals surface area contributed by atoms with E-state index in [2.05, 4.69) is 11.9 Å². The van der Waals surface area contributed by atoms with Gasteiger partial charge in [0.2, 0.25) is 0 Å². The van der Waals surface area contributed by atoms with Crippen LogP contribution in [0.4, 0.5) is 26.3 Å². The maximum Gasteiger partial charge on any atom is 0.433 e. The van der Waals surface area contributed by atoms with Crippen molar-refractivity contribution in [2.75, 3.05) is 6.54 Å². The van der Waals surface area contributed by atoms with Crippen LogP contribution in [-0.2, 0) is 12.4 Å². The second-order valence-corrected chi connectivity index (χ2v) is 6.03. The third-order valence-electron chi connectivity index (χ3n) is 3.69. The van der Waals surface area contributed by atoms with Crippen molar-refractivity contribution in [1.82, 2.24) is 4.98 Å².